The Labute approximate surface area is 95.7 Å². The lowest BCUT2D eigenvalue weighted by atomic mass is 10.2. The minimum atomic E-state index is -3.68. The van der Waals surface area contributed by atoms with Crippen LogP contribution in [0.4, 0.5) is 14.5 Å². The molecule has 1 aromatic carbocycles. The normalized spacial score (nSPS) is 12.3. The number of para-hydroxylation sites is 1. The number of alkyl halides is 3. The fourth-order valence-electron chi connectivity index (χ4n) is 0.862. The van der Waals surface area contributed by atoms with Crippen molar-refractivity contribution < 1.29 is 8.78 Å². The molecular formula is C10H5Cl2F2N. The average molecular weight is 248 g/mol. The quantitative estimate of drug-likeness (QED) is 0.429. The Kier molecular flexibility index (Phi) is 3.67. The van der Waals surface area contributed by atoms with E-state index in [-0.39, 0.29) is 5.69 Å². The van der Waals surface area contributed by atoms with Gasteiger partial charge in [-0.05, 0) is 23.7 Å². The van der Waals surface area contributed by atoms with E-state index in [1.165, 1.54) is 6.07 Å². The van der Waals surface area contributed by atoms with Gasteiger partial charge < -0.3 is 0 Å². The van der Waals surface area contributed by atoms with Gasteiger partial charge in [0.25, 0.3) is 0 Å². The van der Waals surface area contributed by atoms with Gasteiger partial charge in [0.05, 0.1) is 5.69 Å². The lowest BCUT2D eigenvalue weighted by Crippen LogP contribution is -2.15. The second kappa shape index (κ2) is 4.61. The molecule has 0 spiro atoms. The van der Waals surface area contributed by atoms with E-state index in [9.17, 15) is 8.78 Å². The van der Waals surface area contributed by atoms with Crippen molar-refractivity contribution >= 4 is 34.1 Å². The highest BCUT2D eigenvalue weighted by Gasteiger charge is 2.31. The molecule has 0 radical (unpaired) electrons. The highest BCUT2D eigenvalue weighted by molar-refractivity contribution is 6.71. The lowest BCUT2D eigenvalue weighted by Gasteiger charge is -2.05. The minimum Gasteiger partial charge on any atom is -0.232 e. The number of rotatable bonds is 2. The van der Waals surface area contributed by atoms with Crippen molar-refractivity contribution in [2.24, 2.45) is 4.99 Å². The SMILES string of the molecule is C#Cc1ccccc1N=C(Cl)C(F)(F)Cl. The molecular weight excluding hydrogens is 243 g/mol. The molecule has 78 valence electrons. The van der Waals surface area contributed by atoms with E-state index in [4.69, 9.17) is 18.0 Å². The number of nitrogens with zero attached hydrogens (tertiary/aromatic N) is 1. The molecule has 15 heavy (non-hydrogen) atoms. The summed E-state index contributed by atoms with van der Waals surface area (Å²) in [4.78, 5) is 3.46. The monoisotopic (exact) mass is 247 g/mol. The molecule has 0 saturated heterocycles. The second-order valence-electron chi connectivity index (χ2n) is 2.56. The summed E-state index contributed by atoms with van der Waals surface area (Å²) in [5.74, 6) is 2.30. The summed E-state index contributed by atoms with van der Waals surface area (Å²) in [6.45, 7) is 0. The van der Waals surface area contributed by atoms with Crippen LogP contribution in [-0.2, 0) is 0 Å². The first-order valence-electron chi connectivity index (χ1n) is 3.82. The molecule has 0 aliphatic rings. The van der Waals surface area contributed by atoms with Crippen molar-refractivity contribution in [1.29, 1.82) is 0 Å². The highest BCUT2D eigenvalue weighted by atomic mass is 35.5. The van der Waals surface area contributed by atoms with Gasteiger partial charge in [-0.15, -0.1) is 6.42 Å². The van der Waals surface area contributed by atoms with Crippen LogP contribution in [0.3, 0.4) is 0 Å². The van der Waals surface area contributed by atoms with E-state index in [1.807, 2.05) is 0 Å². The van der Waals surface area contributed by atoms with E-state index >= 15 is 0 Å². The largest absolute Gasteiger partial charge is 0.375 e. The fraction of sp³-hybridized carbons (Fsp3) is 0.100. The zero-order chi connectivity index (χ0) is 11.5. The zero-order valence-corrected chi connectivity index (χ0v) is 8.86. The average Bonchev–Trinajstić information content (AvgIpc) is 2.17. The van der Waals surface area contributed by atoms with Crippen LogP contribution in [0.25, 0.3) is 0 Å². The molecule has 0 aliphatic heterocycles. The standard InChI is InChI=1S/C10H5Cl2F2N/c1-2-7-5-3-4-6-8(7)15-9(11)10(12,13)14/h1,3-6H. The van der Waals surface area contributed by atoms with Crippen LogP contribution >= 0.6 is 23.2 Å². The Morgan fingerprint density at radius 1 is 1.40 bits per heavy atom. The number of aliphatic imine (C=N–C) groups is 1. The minimum absolute atomic E-state index is 0.185. The van der Waals surface area contributed by atoms with Crippen molar-refractivity contribution in [3.8, 4) is 12.3 Å². The molecule has 0 saturated carbocycles. The number of hydrogen-bond donors (Lipinski definition) is 0. The van der Waals surface area contributed by atoms with Crippen LogP contribution in [0.15, 0.2) is 29.3 Å². The van der Waals surface area contributed by atoms with E-state index in [1.54, 1.807) is 18.2 Å². The molecule has 0 fully saturated rings. The Morgan fingerprint density at radius 3 is 2.53 bits per heavy atom. The van der Waals surface area contributed by atoms with Crippen molar-refractivity contribution in [2.75, 3.05) is 0 Å². The van der Waals surface area contributed by atoms with Crippen molar-refractivity contribution in [3.63, 3.8) is 0 Å². The summed E-state index contributed by atoms with van der Waals surface area (Å²) in [5, 5.41) is -4.68. The molecule has 0 heterocycles. The van der Waals surface area contributed by atoms with Gasteiger partial charge >= 0.3 is 5.38 Å². The Balaban J connectivity index is 3.15. The van der Waals surface area contributed by atoms with Crippen LogP contribution in [0, 0.1) is 12.3 Å². The lowest BCUT2D eigenvalue weighted by molar-refractivity contribution is 0.179. The van der Waals surface area contributed by atoms with E-state index in [0.717, 1.165) is 0 Å². The maximum absolute atomic E-state index is 12.5. The van der Waals surface area contributed by atoms with Gasteiger partial charge in [0.15, 0.2) is 5.17 Å². The third kappa shape index (κ3) is 3.19. The zero-order valence-electron chi connectivity index (χ0n) is 7.35. The van der Waals surface area contributed by atoms with Crippen LogP contribution < -0.4 is 0 Å². The number of halogens is 4. The molecule has 0 aromatic heterocycles. The van der Waals surface area contributed by atoms with E-state index < -0.39 is 10.6 Å². The molecule has 1 nitrogen and oxygen atoms in total. The van der Waals surface area contributed by atoms with E-state index in [0.29, 0.717) is 5.56 Å². The van der Waals surface area contributed by atoms with Crippen molar-refractivity contribution in [3.05, 3.63) is 29.8 Å². The molecule has 1 aromatic rings. The number of terminal acetylenes is 1. The van der Waals surface area contributed by atoms with Gasteiger partial charge in [-0.1, -0.05) is 29.7 Å². The van der Waals surface area contributed by atoms with Gasteiger partial charge in [0.1, 0.15) is 0 Å². The first-order chi connectivity index (χ1) is 6.95. The van der Waals surface area contributed by atoms with Crippen LogP contribution in [0.2, 0.25) is 0 Å². The predicted molar refractivity (Wildman–Crippen MR) is 58.1 cm³/mol. The Morgan fingerprint density at radius 2 is 2.00 bits per heavy atom. The summed E-state index contributed by atoms with van der Waals surface area (Å²) in [6.07, 6.45) is 5.15. The van der Waals surface area contributed by atoms with Crippen LogP contribution in [0.1, 0.15) is 5.56 Å². The van der Waals surface area contributed by atoms with Gasteiger partial charge in [0.2, 0.25) is 0 Å². The Bertz CT molecular complexity index is 430. The third-order valence-electron chi connectivity index (χ3n) is 1.51. The molecule has 0 aliphatic carbocycles. The van der Waals surface area contributed by atoms with Gasteiger partial charge in [-0.2, -0.15) is 8.78 Å². The highest BCUT2D eigenvalue weighted by Crippen LogP contribution is 2.27. The maximum Gasteiger partial charge on any atom is 0.375 e. The molecule has 5 heteroatoms. The van der Waals surface area contributed by atoms with Crippen molar-refractivity contribution in [2.45, 2.75) is 5.38 Å². The summed E-state index contributed by atoms with van der Waals surface area (Å²) >= 11 is 9.90. The Hall–Kier alpha value is -1.11. The summed E-state index contributed by atoms with van der Waals surface area (Å²) in [7, 11) is 0. The summed E-state index contributed by atoms with van der Waals surface area (Å²) in [6, 6.07) is 6.31. The third-order valence-corrected chi connectivity index (χ3v) is 2.11. The number of hydrogen-bond acceptors (Lipinski definition) is 1. The predicted octanol–water partition coefficient (Wildman–Crippen LogP) is 3.77. The fourth-order valence-corrected chi connectivity index (χ4v) is 0.996. The topological polar surface area (TPSA) is 12.4 Å². The molecule has 0 bridgehead atoms. The first kappa shape index (κ1) is 12.0. The van der Waals surface area contributed by atoms with Crippen LogP contribution in [0.5, 0.6) is 0 Å². The second-order valence-corrected chi connectivity index (χ2v) is 3.39. The maximum atomic E-state index is 12.5. The number of benzene rings is 1. The van der Waals surface area contributed by atoms with Crippen molar-refractivity contribution in [1.82, 2.24) is 0 Å². The molecule has 1 rings (SSSR count). The molecule has 0 atom stereocenters. The smallest absolute Gasteiger partial charge is 0.232 e. The molecule has 0 amide bonds. The van der Waals surface area contributed by atoms with Gasteiger partial charge in [-0.3, -0.25) is 0 Å². The van der Waals surface area contributed by atoms with E-state index in [2.05, 4.69) is 22.5 Å². The summed E-state index contributed by atoms with van der Waals surface area (Å²) < 4.78 is 25.0. The van der Waals surface area contributed by atoms with Gasteiger partial charge in [0, 0.05) is 5.56 Å². The van der Waals surface area contributed by atoms with Gasteiger partial charge in [-0.25, -0.2) is 4.99 Å². The van der Waals surface area contributed by atoms with Crippen LogP contribution in [-0.4, -0.2) is 10.6 Å². The molecule has 0 unspecified atom stereocenters. The molecule has 0 N–H and O–H groups in total. The first-order valence-corrected chi connectivity index (χ1v) is 4.58. The summed E-state index contributed by atoms with van der Waals surface area (Å²) in [5.41, 5.74) is 0.557.